The molecule has 2 heterocycles. The molecule has 192 valence electrons. The number of aromatic nitrogens is 1. The van der Waals surface area contributed by atoms with Gasteiger partial charge in [-0.3, -0.25) is 5.41 Å². The number of hydrogen-bond acceptors (Lipinski definition) is 5. The van der Waals surface area contributed by atoms with Gasteiger partial charge < -0.3 is 19.8 Å². The molecule has 0 spiro atoms. The Hall–Kier alpha value is -3.24. The maximum atomic E-state index is 13.4. The Bertz CT molecular complexity index is 1150. The number of ether oxygens (including phenoxy) is 1. The lowest BCUT2D eigenvalue weighted by molar-refractivity contribution is -0.176. The summed E-state index contributed by atoms with van der Waals surface area (Å²) < 4.78 is 61.9. The van der Waals surface area contributed by atoms with Crippen molar-refractivity contribution < 1.29 is 26.7 Å². The van der Waals surface area contributed by atoms with Crippen molar-refractivity contribution in [3.05, 3.63) is 77.1 Å². The van der Waals surface area contributed by atoms with E-state index in [4.69, 9.17) is 20.3 Å². The molecule has 1 fully saturated rings. The van der Waals surface area contributed by atoms with Crippen LogP contribution in [0.3, 0.4) is 0 Å². The van der Waals surface area contributed by atoms with Crippen molar-refractivity contribution in [2.45, 2.75) is 38.0 Å². The van der Waals surface area contributed by atoms with Gasteiger partial charge in [-0.15, -0.1) is 0 Å². The highest BCUT2D eigenvalue weighted by atomic mass is 19.4. The molecule has 10 heteroatoms. The van der Waals surface area contributed by atoms with E-state index in [0.29, 0.717) is 22.8 Å². The first kappa shape index (κ1) is 25.8. The van der Waals surface area contributed by atoms with Crippen molar-refractivity contribution >= 4 is 5.84 Å². The molecule has 0 atom stereocenters. The van der Waals surface area contributed by atoms with E-state index in [2.05, 4.69) is 9.88 Å². The second-order valence-corrected chi connectivity index (χ2v) is 8.92. The molecule has 0 bridgehead atoms. The van der Waals surface area contributed by atoms with Gasteiger partial charge in [0.2, 0.25) is 0 Å². The molecule has 6 nitrogen and oxygen atoms in total. The van der Waals surface area contributed by atoms with Crippen LogP contribution in [0.25, 0.3) is 11.3 Å². The van der Waals surface area contributed by atoms with Crippen LogP contribution in [-0.2, 0) is 17.8 Å². The Balaban J connectivity index is 1.38. The van der Waals surface area contributed by atoms with Crippen molar-refractivity contribution in [2.24, 2.45) is 5.73 Å². The van der Waals surface area contributed by atoms with Crippen LogP contribution in [0, 0.1) is 11.2 Å². The topological polar surface area (TPSA) is 88.4 Å². The van der Waals surface area contributed by atoms with Crippen LogP contribution in [0.5, 0.6) is 0 Å². The van der Waals surface area contributed by atoms with E-state index in [1.807, 2.05) is 24.3 Å². The Morgan fingerprint density at radius 3 is 2.36 bits per heavy atom. The molecule has 0 radical (unpaired) electrons. The SMILES string of the molecule is N=C(N)c1ccc(CCN2CCC(c3nc(COCC(F)(F)F)c(-c4ccc(F)cc4)o3)CC2)cc1. The first-order valence-corrected chi connectivity index (χ1v) is 11.7. The van der Waals surface area contributed by atoms with Crippen LogP contribution in [0.2, 0.25) is 0 Å². The number of nitrogens with one attached hydrogen (secondary N) is 1. The third-order valence-electron chi connectivity index (χ3n) is 6.24. The minimum atomic E-state index is -4.44. The van der Waals surface area contributed by atoms with Crippen molar-refractivity contribution in [1.82, 2.24) is 9.88 Å². The second kappa shape index (κ2) is 11.2. The largest absolute Gasteiger partial charge is 0.440 e. The number of oxazole rings is 1. The third-order valence-corrected chi connectivity index (χ3v) is 6.24. The van der Waals surface area contributed by atoms with Crippen molar-refractivity contribution in [1.29, 1.82) is 5.41 Å². The van der Waals surface area contributed by atoms with E-state index in [9.17, 15) is 17.6 Å². The molecular weight excluding hydrogens is 476 g/mol. The zero-order valence-electron chi connectivity index (χ0n) is 19.7. The molecule has 3 N–H and O–H groups in total. The first-order chi connectivity index (χ1) is 17.2. The Kier molecular flexibility index (Phi) is 8.05. The normalized spacial score (nSPS) is 15.3. The predicted octanol–water partition coefficient (Wildman–Crippen LogP) is 5.27. The smallest absolute Gasteiger partial charge is 0.411 e. The van der Waals surface area contributed by atoms with Crippen LogP contribution in [0.1, 0.15) is 41.5 Å². The fourth-order valence-electron chi connectivity index (χ4n) is 4.27. The highest BCUT2D eigenvalue weighted by molar-refractivity contribution is 5.94. The fraction of sp³-hybridized carbons (Fsp3) is 0.385. The van der Waals surface area contributed by atoms with Gasteiger partial charge in [0.1, 0.15) is 24.0 Å². The van der Waals surface area contributed by atoms with Crippen molar-refractivity contribution in [3.63, 3.8) is 0 Å². The molecule has 2 aromatic carbocycles. The number of halogens is 4. The number of piperidine rings is 1. The van der Waals surface area contributed by atoms with Gasteiger partial charge in [-0.05, 0) is 62.2 Å². The Morgan fingerprint density at radius 2 is 1.75 bits per heavy atom. The molecule has 3 aromatic rings. The van der Waals surface area contributed by atoms with Gasteiger partial charge >= 0.3 is 6.18 Å². The summed E-state index contributed by atoms with van der Waals surface area (Å²) in [4.78, 5) is 6.85. The predicted molar refractivity (Wildman–Crippen MR) is 127 cm³/mol. The molecule has 1 saturated heterocycles. The van der Waals surface area contributed by atoms with E-state index >= 15 is 0 Å². The highest BCUT2D eigenvalue weighted by Gasteiger charge is 2.29. The Labute approximate surface area is 206 Å². The summed E-state index contributed by atoms with van der Waals surface area (Å²) in [5, 5.41) is 7.48. The van der Waals surface area contributed by atoms with Crippen LogP contribution >= 0.6 is 0 Å². The molecule has 1 aliphatic rings. The minimum absolute atomic E-state index is 0.0339. The number of likely N-dealkylation sites (tertiary alicyclic amines) is 1. The summed E-state index contributed by atoms with van der Waals surface area (Å²) in [6.45, 7) is 0.828. The number of amidine groups is 1. The molecule has 0 unspecified atom stereocenters. The second-order valence-electron chi connectivity index (χ2n) is 8.92. The number of hydrogen-bond donors (Lipinski definition) is 2. The number of nitrogens with two attached hydrogens (primary N) is 1. The summed E-state index contributed by atoms with van der Waals surface area (Å²) in [7, 11) is 0. The van der Waals surface area contributed by atoms with Crippen LogP contribution in [0.15, 0.2) is 52.9 Å². The summed E-state index contributed by atoms with van der Waals surface area (Å²) in [6.07, 6.45) is -1.97. The van der Waals surface area contributed by atoms with Crippen LogP contribution in [-0.4, -0.2) is 48.1 Å². The van der Waals surface area contributed by atoms with Gasteiger partial charge in [-0.1, -0.05) is 24.3 Å². The van der Waals surface area contributed by atoms with Crippen LogP contribution < -0.4 is 5.73 Å². The molecule has 4 rings (SSSR count). The van der Waals surface area contributed by atoms with Gasteiger partial charge in [0.25, 0.3) is 0 Å². The highest BCUT2D eigenvalue weighted by Crippen LogP contribution is 2.33. The van der Waals surface area contributed by atoms with Crippen LogP contribution in [0.4, 0.5) is 17.6 Å². The van der Waals surface area contributed by atoms with E-state index in [1.165, 1.54) is 29.8 Å². The molecule has 0 aliphatic carbocycles. The maximum Gasteiger partial charge on any atom is 0.411 e. The average Bonchev–Trinajstić information content (AvgIpc) is 3.27. The van der Waals surface area contributed by atoms with Gasteiger partial charge in [0.15, 0.2) is 11.7 Å². The zero-order valence-corrected chi connectivity index (χ0v) is 19.7. The van der Waals surface area contributed by atoms with E-state index in [1.54, 1.807) is 0 Å². The molecule has 36 heavy (non-hydrogen) atoms. The molecule has 0 amide bonds. The van der Waals surface area contributed by atoms with Crippen molar-refractivity contribution in [3.8, 4) is 11.3 Å². The lowest BCUT2D eigenvalue weighted by atomic mass is 9.96. The summed E-state index contributed by atoms with van der Waals surface area (Å²) >= 11 is 0. The van der Waals surface area contributed by atoms with Gasteiger partial charge in [0.05, 0.1) is 6.61 Å². The van der Waals surface area contributed by atoms with E-state index in [-0.39, 0.29) is 24.1 Å². The third kappa shape index (κ3) is 6.92. The van der Waals surface area contributed by atoms with Crippen molar-refractivity contribution in [2.75, 3.05) is 26.2 Å². The van der Waals surface area contributed by atoms with Gasteiger partial charge in [-0.25, -0.2) is 9.37 Å². The van der Waals surface area contributed by atoms with Gasteiger partial charge in [0, 0.05) is 23.6 Å². The monoisotopic (exact) mass is 504 g/mol. The summed E-state index contributed by atoms with van der Waals surface area (Å²) in [6, 6.07) is 13.2. The number of nitrogens with zero attached hydrogens (tertiary/aromatic N) is 2. The summed E-state index contributed by atoms with van der Waals surface area (Å²) in [5.41, 5.74) is 8.18. The maximum absolute atomic E-state index is 13.4. The average molecular weight is 505 g/mol. The Morgan fingerprint density at radius 1 is 1.08 bits per heavy atom. The zero-order chi connectivity index (χ0) is 25.7. The number of nitrogen functional groups attached to an aromatic ring is 1. The molecule has 0 saturated carbocycles. The lowest BCUT2D eigenvalue weighted by Crippen LogP contribution is -2.34. The van der Waals surface area contributed by atoms with E-state index < -0.39 is 18.6 Å². The molecule has 1 aliphatic heterocycles. The number of alkyl halides is 3. The number of rotatable bonds is 9. The van der Waals surface area contributed by atoms with E-state index in [0.717, 1.165) is 38.9 Å². The fourth-order valence-corrected chi connectivity index (χ4v) is 4.27. The molecular formula is C26H28F4N4O2. The lowest BCUT2D eigenvalue weighted by Gasteiger charge is -2.30. The standard InChI is InChI=1S/C26H28F4N4O2/c27-21-7-5-18(6-8-21)23-22(15-35-16-26(28,29)30)33-25(36-23)20-10-13-34(14-11-20)12-9-17-1-3-19(4-2-17)24(31)32/h1-8,20H,9-16H2,(H3,31,32). The summed E-state index contributed by atoms with van der Waals surface area (Å²) in [5.74, 6) is 0.443. The first-order valence-electron chi connectivity index (χ1n) is 11.7. The number of benzene rings is 2. The minimum Gasteiger partial charge on any atom is -0.440 e. The van der Waals surface area contributed by atoms with Gasteiger partial charge in [-0.2, -0.15) is 13.2 Å². The molecule has 1 aromatic heterocycles. The quantitative estimate of drug-likeness (QED) is 0.236.